The van der Waals surface area contributed by atoms with E-state index in [-0.39, 0.29) is 17.7 Å². The molecule has 1 aromatic heterocycles. The van der Waals surface area contributed by atoms with Gasteiger partial charge in [0.05, 0.1) is 24.5 Å². The van der Waals surface area contributed by atoms with Crippen molar-refractivity contribution >= 4 is 34.2 Å². The number of aliphatic carboxylic acids is 1. The lowest BCUT2D eigenvalue weighted by Gasteiger charge is -2.23. The summed E-state index contributed by atoms with van der Waals surface area (Å²) in [5.74, 6) is -3.22. The number of aryl methyl sites for hydroxylation is 1. The lowest BCUT2D eigenvalue weighted by Crippen LogP contribution is -2.36. The molecule has 2 aliphatic rings. The number of amides is 1. The molecule has 2 N–H and O–H groups in total. The second kappa shape index (κ2) is 6.63. The van der Waals surface area contributed by atoms with E-state index in [1.165, 1.54) is 18.4 Å². The van der Waals surface area contributed by atoms with Crippen molar-refractivity contribution in [1.29, 1.82) is 0 Å². The first kappa shape index (κ1) is 17.7. The molecule has 0 unspecified atom stereocenters. The van der Waals surface area contributed by atoms with Gasteiger partial charge in [0.1, 0.15) is 5.00 Å². The number of allylic oxidation sites excluding steroid dienone is 2. The van der Waals surface area contributed by atoms with Gasteiger partial charge in [0.15, 0.2) is 0 Å². The monoisotopic (exact) mass is 363 g/mol. The van der Waals surface area contributed by atoms with Crippen LogP contribution in [0.1, 0.15) is 34.1 Å². The van der Waals surface area contributed by atoms with Gasteiger partial charge in [0.2, 0.25) is 5.91 Å². The predicted molar refractivity (Wildman–Crippen MR) is 93.8 cm³/mol. The van der Waals surface area contributed by atoms with E-state index in [1.54, 1.807) is 0 Å². The van der Waals surface area contributed by atoms with Gasteiger partial charge in [0.25, 0.3) is 0 Å². The lowest BCUT2D eigenvalue weighted by molar-refractivity contribution is -0.146. The highest BCUT2D eigenvalue weighted by molar-refractivity contribution is 7.16. The molecule has 134 valence electrons. The SMILES string of the molecule is CCc1c(C)sc(NC(=O)[C@H]2[C@@H](C(=O)O)[C@H]3C=C[C@@H]2C3)c1C(=O)OC. The summed E-state index contributed by atoms with van der Waals surface area (Å²) in [5.41, 5.74) is 1.24. The van der Waals surface area contributed by atoms with E-state index in [2.05, 4.69) is 5.32 Å². The fourth-order valence-electron chi connectivity index (χ4n) is 4.12. The molecule has 0 aliphatic heterocycles. The summed E-state index contributed by atoms with van der Waals surface area (Å²) in [6.45, 7) is 3.83. The second-order valence-corrected chi connectivity index (χ2v) is 7.74. The van der Waals surface area contributed by atoms with Gasteiger partial charge < -0.3 is 15.2 Å². The Morgan fingerprint density at radius 2 is 1.92 bits per heavy atom. The zero-order chi connectivity index (χ0) is 18.3. The maximum atomic E-state index is 12.8. The van der Waals surface area contributed by atoms with Gasteiger partial charge in [-0.1, -0.05) is 19.1 Å². The fraction of sp³-hybridized carbons (Fsp3) is 0.500. The number of rotatable bonds is 5. The Bertz CT molecular complexity index is 766. The van der Waals surface area contributed by atoms with Gasteiger partial charge in [-0.2, -0.15) is 0 Å². The molecule has 7 heteroatoms. The van der Waals surface area contributed by atoms with E-state index in [9.17, 15) is 19.5 Å². The van der Waals surface area contributed by atoms with Gasteiger partial charge >= 0.3 is 11.9 Å². The average Bonchev–Trinajstić information content (AvgIpc) is 3.26. The van der Waals surface area contributed by atoms with Crippen LogP contribution in [-0.2, 0) is 20.7 Å². The van der Waals surface area contributed by atoms with Gasteiger partial charge in [-0.15, -0.1) is 11.3 Å². The Hall–Kier alpha value is -2.15. The molecule has 0 radical (unpaired) electrons. The van der Waals surface area contributed by atoms with Crippen molar-refractivity contribution in [2.24, 2.45) is 23.7 Å². The zero-order valence-corrected chi connectivity index (χ0v) is 15.2. The summed E-state index contributed by atoms with van der Waals surface area (Å²) in [4.78, 5) is 37.5. The summed E-state index contributed by atoms with van der Waals surface area (Å²) in [5, 5.41) is 12.8. The highest BCUT2D eigenvalue weighted by Gasteiger charge is 2.51. The van der Waals surface area contributed by atoms with Crippen LogP contribution in [0.4, 0.5) is 5.00 Å². The number of carboxylic acid groups (broad SMARTS) is 1. The number of thiophene rings is 1. The minimum Gasteiger partial charge on any atom is -0.481 e. The first-order valence-corrected chi connectivity index (χ1v) is 9.13. The third-order valence-corrected chi connectivity index (χ3v) is 6.30. The Labute approximate surface area is 149 Å². The molecule has 1 fully saturated rings. The first-order valence-electron chi connectivity index (χ1n) is 8.31. The maximum Gasteiger partial charge on any atom is 0.341 e. The molecule has 1 aromatic rings. The Kier molecular flexibility index (Phi) is 4.69. The molecule has 1 amide bonds. The Balaban J connectivity index is 1.90. The van der Waals surface area contributed by atoms with Crippen LogP contribution in [0, 0.1) is 30.6 Å². The summed E-state index contributed by atoms with van der Waals surface area (Å²) in [6, 6.07) is 0. The molecule has 1 heterocycles. The van der Waals surface area contributed by atoms with Crippen molar-refractivity contribution in [3.8, 4) is 0 Å². The first-order chi connectivity index (χ1) is 11.9. The standard InChI is InChI=1S/C18H21NO5S/c1-4-11-8(2)25-16(14(11)18(23)24-3)19-15(20)12-9-5-6-10(7-9)13(12)17(21)22/h5-6,9-10,12-13H,4,7H2,1-3H3,(H,19,20)(H,21,22)/t9-,10+,12-,13+/m1/s1. The quantitative estimate of drug-likeness (QED) is 0.620. The van der Waals surface area contributed by atoms with E-state index in [0.717, 1.165) is 10.4 Å². The minimum absolute atomic E-state index is 0.0561. The summed E-state index contributed by atoms with van der Waals surface area (Å²) < 4.78 is 4.86. The largest absolute Gasteiger partial charge is 0.481 e. The van der Waals surface area contributed by atoms with E-state index in [1.807, 2.05) is 26.0 Å². The summed E-state index contributed by atoms with van der Waals surface area (Å²) in [7, 11) is 1.31. The molecule has 25 heavy (non-hydrogen) atoms. The molecule has 1 saturated carbocycles. The number of hydrogen-bond donors (Lipinski definition) is 2. The maximum absolute atomic E-state index is 12.8. The molecule has 0 aromatic carbocycles. The molecule has 4 atom stereocenters. The smallest absolute Gasteiger partial charge is 0.341 e. The topological polar surface area (TPSA) is 92.7 Å². The van der Waals surface area contributed by atoms with Crippen molar-refractivity contribution in [3.05, 3.63) is 28.2 Å². The Morgan fingerprint density at radius 3 is 2.48 bits per heavy atom. The molecule has 3 rings (SSSR count). The molecule has 2 bridgehead atoms. The highest BCUT2D eigenvalue weighted by atomic mass is 32.1. The number of ether oxygens (including phenoxy) is 1. The van der Waals surface area contributed by atoms with Gasteiger partial charge in [-0.3, -0.25) is 9.59 Å². The Morgan fingerprint density at radius 1 is 1.28 bits per heavy atom. The number of nitrogens with one attached hydrogen (secondary N) is 1. The van der Waals surface area contributed by atoms with Crippen LogP contribution in [0.3, 0.4) is 0 Å². The predicted octanol–water partition coefficient (Wildman–Crippen LogP) is 2.87. The van der Waals surface area contributed by atoms with Crippen LogP contribution >= 0.6 is 11.3 Å². The molecule has 0 saturated heterocycles. The lowest BCUT2D eigenvalue weighted by atomic mass is 9.82. The number of anilines is 1. The number of carboxylic acids is 1. The number of carbonyl (C=O) groups is 3. The van der Waals surface area contributed by atoms with Crippen molar-refractivity contribution in [3.63, 3.8) is 0 Å². The summed E-state index contributed by atoms with van der Waals surface area (Å²) in [6.07, 6.45) is 5.18. The second-order valence-electron chi connectivity index (χ2n) is 6.51. The van der Waals surface area contributed by atoms with Crippen LogP contribution in [0.5, 0.6) is 0 Å². The van der Waals surface area contributed by atoms with Crippen LogP contribution in [0.2, 0.25) is 0 Å². The number of fused-ring (bicyclic) bond motifs is 2. The number of methoxy groups -OCH3 is 1. The van der Waals surface area contributed by atoms with E-state index in [0.29, 0.717) is 23.4 Å². The van der Waals surface area contributed by atoms with Crippen LogP contribution in [0.15, 0.2) is 12.2 Å². The van der Waals surface area contributed by atoms with Gasteiger partial charge in [0, 0.05) is 4.88 Å². The van der Waals surface area contributed by atoms with Crippen molar-refractivity contribution in [2.45, 2.75) is 26.7 Å². The molecular formula is C18H21NO5S. The normalized spacial score (nSPS) is 26.7. The zero-order valence-electron chi connectivity index (χ0n) is 14.4. The minimum atomic E-state index is -0.943. The third kappa shape index (κ3) is 2.86. The van der Waals surface area contributed by atoms with Gasteiger partial charge in [-0.05, 0) is 37.2 Å². The van der Waals surface area contributed by atoms with Crippen molar-refractivity contribution in [2.75, 3.05) is 12.4 Å². The fourth-order valence-corrected chi connectivity index (χ4v) is 5.26. The van der Waals surface area contributed by atoms with Crippen LogP contribution in [-0.4, -0.2) is 30.1 Å². The van der Waals surface area contributed by atoms with Crippen molar-refractivity contribution < 1.29 is 24.2 Å². The van der Waals surface area contributed by atoms with E-state index in [4.69, 9.17) is 4.74 Å². The molecule has 2 aliphatic carbocycles. The summed E-state index contributed by atoms with van der Waals surface area (Å²) >= 11 is 1.33. The number of carbonyl (C=O) groups excluding carboxylic acids is 2. The van der Waals surface area contributed by atoms with Crippen molar-refractivity contribution in [1.82, 2.24) is 0 Å². The number of hydrogen-bond acceptors (Lipinski definition) is 5. The number of esters is 1. The van der Waals surface area contributed by atoms with Crippen LogP contribution in [0.25, 0.3) is 0 Å². The average molecular weight is 363 g/mol. The third-order valence-electron chi connectivity index (χ3n) is 5.24. The van der Waals surface area contributed by atoms with Crippen LogP contribution < -0.4 is 5.32 Å². The molecular weight excluding hydrogens is 342 g/mol. The molecule has 6 nitrogen and oxygen atoms in total. The van der Waals surface area contributed by atoms with E-state index >= 15 is 0 Å². The highest BCUT2D eigenvalue weighted by Crippen LogP contribution is 2.48. The van der Waals surface area contributed by atoms with Gasteiger partial charge in [-0.25, -0.2) is 4.79 Å². The van der Waals surface area contributed by atoms with E-state index < -0.39 is 23.8 Å². The molecule has 0 spiro atoms.